The molecule has 0 saturated heterocycles. The molecule has 0 aromatic heterocycles. The molecule has 1 atom stereocenters. The predicted octanol–water partition coefficient (Wildman–Crippen LogP) is 4.97. The van der Waals surface area contributed by atoms with Crippen LogP contribution in [0.5, 0.6) is 0 Å². The van der Waals surface area contributed by atoms with Gasteiger partial charge in [-0.1, -0.05) is 49.7 Å². The van der Waals surface area contributed by atoms with Crippen LogP contribution >= 0.6 is 15.9 Å². The number of nitrogens with zero attached hydrogens (tertiary/aromatic N) is 2. The van der Waals surface area contributed by atoms with E-state index in [1.165, 1.54) is 21.2 Å². The van der Waals surface area contributed by atoms with Crippen molar-refractivity contribution in [2.75, 3.05) is 27.4 Å². The van der Waals surface area contributed by atoms with E-state index < -0.39 is 0 Å². The molecule has 0 fully saturated rings. The van der Waals surface area contributed by atoms with Crippen LogP contribution in [0.3, 0.4) is 0 Å². The normalized spacial score (nSPS) is 18.0. The van der Waals surface area contributed by atoms with E-state index in [-0.39, 0.29) is 6.04 Å². The minimum Gasteiger partial charge on any atom is -0.483 e. The Hall–Kier alpha value is -1.40. The zero-order valence-corrected chi connectivity index (χ0v) is 19.2. The van der Waals surface area contributed by atoms with Crippen molar-refractivity contribution in [2.45, 2.75) is 53.7 Å². The Bertz CT molecular complexity index is 626. The van der Waals surface area contributed by atoms with Gasteiger partial charge in [-0.05, 0) is 42.0 Å². The first kappa shape index (κ1) is 23.6. The predicted molar refractivity (Wildman–Crippen MR) is 116 cm³/mol. The van der Waals surface area contributed by atoms with Gasteiger partial charge in [0.15, 0.2) is 0 Å². The molecule has 1 unspecified atom stereocenters. The Kier molecular flexibility index (Phi) is 10.6. The third-order valence-electron chi connectivity index (χ3n) is 4.33. The monoisotopic (exact) mass is 440 g/mol. The van der Waals surface area contributed by atoms with Crippen molar-refractivity contribution in [3.8, 4) is 0 Å². The lowest BCUT2D eigenvalue weighted by Crippen LogP contribution is -2.32. The van der Waals surface area contributed by atoms with Crippen LogP contribution in [-0.4, -0.2) is 45.2 Å². The zero-order chi connectivity index (χ0) is 20.4. The Morgan fingerprint density at radius 2 is 1.85 bits per heavy atom. The number of aliphatic imine (C=N–C) groups is 2. The highest BCUT2D eigenvalue weighted by atomic mass is 79.9. The summed E-state index contributed by atoms with van der Waals surface area (Å²) in [6, 6.07) is 4.27. The number of fused-ring (bicyclic) bond motifs is 1. The number of rotatable bonds is 1. The maximum absolute atomic E-state index is 5.41. The largest absolute Gasteiger partial charge is 0.483 e. The quantitative estimate of drug-likeness (QED) is 0.618. The van der Waals surface area contributed by atoms with Crippen molar-refractivity contribution < 1.29 is 14.2 Å². The number of methoxy groups -OCH3 is 2. The SMILES string of the molecule is CC.COC1=NC(C(C)C)C(OC)=NC1.Cc1ccc(Br)c2c1COCC2. The summed E-state index contributed by atoms with van der Waals surface area (Å²) in [6.45, 7) is 12.4. The summed E-state index contributed by atoms with van der Waals surface area (Å²) < 4.78 is 16.8. The first-order chi connectivity index (χ1) is 13.0. The van der Waals surface area contributed by atoms with Gasteiger partial charge in [0.25, 0.3) is 0 Å². The van der Waals surface area contributed by atoms with Gasteiger partial charge in [-0.15, -0.1) is 0 Å². The molecule has 2 heterocycles. The molecule has 2 aliphatic rings. The minimum absolute atomic E-state index is 0.00806. The molecule has 27 heavy (non-hydrogen) atoms. The van der Waals surface area contributed by atoms with Crippen molar-refractivity contribution in [1.29, 1.82) is 0 Å². The highest BCUT2D eigenvalue weighted by Crippen LogP contribution is 2.27. The van der Waals surface area contributed by atoms with Gasteiger partial charge in [0.2, 0.25) is 11.8 Å². The third kappa shape index (κ3) is 6.61. The summed E-state index contributed by atoms with van der Waals surface area (Å²) >= 11 is 3.56. The number of benzene rings is 1. The molecule has 2 aliphatic heterocycles. The molecule has 0 spiro atoms. The summed E-state index contributed by atoms with van der Waals surface area (Å²) in [7, 11) is 3.24. The molecule has 1 aromatic rings. The molecule has 5 nitrogen and oxygen atoms in total. The van der Waals surface area contributed by atoms with Gasteiger partial charge in [0.05, 0.1) is 27.4 Å². The number of hydrogen-bond acceptors (Lipinski definition) is 5. The van der Waals surface area contributed by atoms with E-state index in [1.807, 2.05) is 13.8 Å². The van der Waals surface area contributed by atoms with Crippen LogP contribution in [0.4, 0.5) is 0 Å². The molecular formula is C21H33BrN2O3. The van der Waals surface area contributed by atoms with Crippen LogP contribution in [0.25, 0.3) is 0 Å². The molecule has 0 aliphatic carbocycles. The van der Waals surface area contributed by atoms with Gasteiger partial charge in [-0.2, -0.15) is 0 Å². The van der Waals surface area contributed by atoms with Gasteiger partial charge in [-0.3, -0.25) is 0 Å². The Balaban J connectivity index is 0.000000248. The maximum Gasteiger partial charge on any atom is 0.209 e. The standard InChI is InChI=1S/C10H11BrO.C9H16N2O2.C2H6/c1-7-2-3-10(11)8-4-5-12-6-9(7)8;1-6(2)8-9(13-4)10-5-7(11-8)12-3;1-2/h2-3H,4-6H2,1H3;6,8H,5H2,1-4H3;1-2H3. The molecule has 0 radical (unpaired) electrons. The summed E-state index contributed by atoms with van der Waals surface area (Å²) in [4.78, 5) is 8.63. The average molecular weight is 441 g/mol. The smallest absolute Gasteiger partial charge is 0.209 e. The molecule has 152 valence electrons. The number of hydrogen-bond donors (Lipinski definition) is 0. The van der Waals surface area contributed by atoms with Crippen LogP contribution in [0.1, 0.15) is 44.4 Å². The molecule has 0 amide bonds. The van der Waals surface area contributed by atoms with Crippen molar-refractivity contribution in [3.05, 3.63) is 33.3 Å². The Morgan fingerprint density at radius 3 is 2.41 bits per heavy atom. The first-order valence-corrected chi connectivity index (χ1v) is 10.3. The average Bonchev–Trinajstić information content (AvgIpc) is 2.72. The second kappa shape index (κ2) is 12.1. The van der Waals surface area contributed by atoms with Crippen LogP contribution in [0, 0.1) is 12.8 Å². The van der Waals surface area contributed by atoms with E-state index >= 15 is 0 Å². The highest BCUT2D eigenvalue weighted by Gasteiger charge is 2.24. The van der Waals surface area contributed by atoms with Gasteiger partial charge < -0.3 is 14.2 Å². The topological polar surface area (TPSA) is 52.4 Å². The maximum atomic E-state index is 5.41. The summed E-state index contributed by atoms with van der Waals surface area (Å²) in [5, 5.41) is 0. The van der Waals surface area contributed by atoms with Gasteiger partial charge in [-0.25, -0.2) is 9.98 Å². The second-order valence-electron chi connectivity index (χ2n) is 6.40. The zero-order valence-electron chi connectivity index (χ0n) is 17.6. The van der Waals surface area contributed by atoms with E-state index in [0.717, 1.165) is 19.6 Å². The van der Waals surface area contributed by atoms with Crippen LogP contribution in [0.15, 0.2) is 26.6 Å². The second-order valence-corrected chi connectivity index (χ2v) is 7.25. The van der Waals surface area contributed by atoms with E-state index in [4.69, 9.17) is 14.2 Å². The lowest BCUT2D eigenvalue weighted by Gasteiger charge is -2.22. The van der Waals surface area contributed by atoms with E-state index in [1.54, 1.807) is 14.2 Å². The fourth-order valence-electron chi connectivity index (χ4n) is 2.83. The van der Waals surface area contributed by atoms with Crippen molar-refractivity contribution in [1.82, 2.24) is 0 Å². The van der Waals surface area contributed by atoms with Crippen molar-refractivity contribution >= 4 is 27.7 Å². The highest BCUT2D eigenvalue weighted by molar-refractivity contribution is 9.10. The van der Waals surface area contributed by atoms with Gasteiger partial charge >= 0.3 is 0 Å². The first-order valence-electron chi connectivity index (χ1n) is 9.51. The summed E-state index contributed by atoms with van der Waals surface area (Å²) in [5.41, 5.74) is 4.14. The van der Waals surface area contributed by atoms with E-state index in [2.05, 4.69) is 58.8 Å². The number of ether oxygens (including phenoxy) is 3. The molecule has 1 aromatic carbocycles. The molecule has 0 saturated carbocycles. The number of halogens is 1. The number of aryl methyl sites for hydroxylation is 1. The lowest BCUT2D eigenvalue weighted by molar-refractivity contribution is 0.110. The lowest BCUT2D eigenvalue weighted by atomic mass is 9.99. The van der Waals surface area contributed by atoms with E-state index in [9.17, 15) is 0 Å². The Labute approximate surface area is 172 Å². The Morgan fingerprint density at radius 1 is 1.15 bits per heavy atom. The molecule has 3 rings (SSSR count). The molecule has 0 bridgehead atoms. The summed E-state index contributed by atoms with van der Waals surface area (Å²) in [6.07, 6.45) is 1.04. The fourth-order valence-corrected chi connectivity index (χ4v) is 3.40. The molecule has 0 N–H and O–H groups in total. The van der Waals surface area contributed by atoms with Crippen LogP contribution in [-0.2, 0) is 27.2 Å². The third-order valence-corrected chi connectivity index (χ3v) is 5.08. The van der Waals surface area contributed by atoms with Crippen molar-refractivity contribution in [2.24, 2.45) is 15.9 Å². The van der Waals surface area contributed by atoms with Crippen molar-refractivity contribution in [3.63, 3.8) is 0 Å². The van der Waals surface area contributed by atoms with Gasteiger partial charge in [0.1, 0.15) is 12.6 Å². The molecule has 6 heteroatoms. The van der Waals surface area contributed by atoms with Gasteiger partial charge in [0, 0.05) is 4.47 Å². The minimum atomic E-state index is 0.00806. The van der Waals surface area contributed by atoms with Crippen LogP contribution < -0.4 is 0 Å². The van der Waals surface area contributed by atoms with Crippen LogP contribution in [0.2, 0.25) is 0 Å². The fraction of sp³-hybridized carbons (Fsp3) is 0.619. The molecular weight excluding hydrogens is 408 g/mol. The van der Waals surface area contributed by atoms with E-state index in [0.29, 0.717) is 24.3 Å². The summed E-state index contributed by atoms with van der Waals surface area (Å²) in [5.74, 6) is 1.76.